The fraction of sp³-hybridized carbons (Fsp3) is 0.600. The van der Waals surface area contributed by atoms with Crippen LogP contribution in [0, 0.1) is 0 Å². The van der Waals surface area contributed by atoms with E-state index in [1.54, 1.807) is 0 Å². The third kappa shape index (κ3) is 11.0. The van der Waals surface area contributed by atoms with Crippen molar-refractivity contribution in [2.45, 2.75) is 25.4 Å². The smallest absolute Gasteiger partial charge is 0.331 e. The van der Waals surface area contributed by atoms with E-state index in [1.807, 2.05) is 0 Å². The standard InChI is InChI=1S/C10H16O8/c11-7(12)3-5-17-9(15)1-2-10(16)18-6-4-8(13)14/h1-2,7-8,11-14H,3-6H2. The Morgan fingerprint density at radius 1 is 0.833 bits per heavy atom. The third-order valence-corrected chi connectivity index (χ3v) is 1.60. The number of aliphatic hydroxyl groups is 4. The molecule has 0 saturated carbocycles. The summed E-state index contributed by atoms with van der Waals surface area (Å²) in [6.45, 7) is -0.376. The highest BCUT2D eigenvalue weighted by Gasteiger charge is 2.04. The van der Waals surface area contributed by atoms with Gasteiger partial charge in [-0.15, -0.1) is 0 Å². The monoisotopic (exact) mass is 264 g/mol. The van der Waals surface area contributed by atoms with Crippen LogP contribution in [0.25, 0.3) is 0 Å². The highest BCUT2D eigenvalue weighted by Crippen LogP contribution is 1.92. The summed E-state index contributed by atoms with van der Waals surface area (Å²) in [5, 5.41) is 33.8. The Morgan fingerprint density at radius 2 is 1.17 bits per heavy atom. The predicted molar refractivity (Wildman–Crippen MR) is 56.7 cm³/mol. The van der Waals surface area contributed by atoms with Gasteiger partial charge in [-0.1, -0.05) is 0 Å². The van der Waals surface area contributed by atoms with E-state index >= 15 is 0 Å². The molecule has 0 aromatic rings. The second-order valence-electron chi connectivity index (χ2n) is 3.21. The first-order valence-electron chi connectivity index (χ1n) is 5.15. The first-order valence-corrected chi connectivity index (χ1v) is 5.15. The molecule has 0 saturated heterocycles. The molecular weight excluding hydrogens is 248 g/mol. The van der Waals surface area contributed by atoms with Crippen molar-refractivity contribution in [3.63, 3.8) is 0 Å². The molecule has 0 bridgehead atoms. The van der Waals surface area contributed by atoms with Crippen LogP contribution in [0.3, 0.4) is 0 Å². The van der Waals surface area contributed by atoms with E-state index in [9.17, 15) is 9.59 Å². The molecule has 0 heterocycles. The van der Waals surface area contributed by atoms with Gasteiger partial charge in [0.2, 0.25) is 0 Å². The topological polar surface area (TPSA) is 134 Å². The number of esters is 2. The van der Waals surface area contributed by atoms with E-state index in [0.717, 1.165) is 12.2 Å². The summed E-state index contributed by atoms with van der Waals surface area (Å²) in [6, 6.07) is 0. The van der Waals surface area contributed by atoms with E-state index in [0.29, 0.717) is 0 Å². The lowest BCUT2D eigenvalue weighted by molar-refractivity contribution is -0.143. The van der Waals surface area contributed by atoms with Crippen LogP contribution in [-0.4, -0.2) is 58.2 Å². The van der Waals surface area contributed by atoms with Crippen LogP contribution >= 0.6 is 0 Å². The van der Waals surface area contributed by atoms with Gasteiger partial charge in [0.15, 0.2) is 12.6 Å². The van der Waals surface area contributed by atoms with Crippen molar-refractivity contribution < 1.29 is 39.5 Å². The zero-order valence-electron chi connectivity index (χ0n) is 9.56. The van der Waals surface area contributed by atoms with Gasteiger partial charge < -0.3 is 29.9 Å². The van der Waals surface area contributed by atoms with Gasteiger partial charge in [0, 0.05) is 25.0 Å². The Hall–Kier alpha value is -1.48. The molecule has 0 aromatic carbocycles. The van der Waals surface area contributed by atoms with Gasteiger partial charge >= 0.3 is 11.9 Å². The number of hydrogen-bond acceptors (Lipinski definition) is 8. The van der Waals surface area contributed by atoms with Crippen LogP contribution in [0.2, 0.25) is 0 Å². The minimum absolute atomic E-state index is 0.127. The maximum Gasteiger partial charge on any atom is 0.331 e. The van der Waals surface area contributed by atoms with Crippen LogP contribution in [0.15, 0.2) is 12.2 Å². The number of ether oxygens (including phenoxy) is 2. The van der Waals surface area contributed by atoms with Gasteiger partial charge in [0.05, 0.1) is 13.2 Å². The molecule has 0 aliphatic heterocycles. The average Bonchev–Trinajstić information content (AvgIpc) is 2.25. The lowest BCUT2D eigenvalue weighted by Crippen LogP contribution is -2.12. The summed E-state index contributed by atoms with van der Waals surface area (Å²) in [5.74, 6) is -1.65. The van der Waals surface area contributed by atoms with Crippen molar-refractivity contribution in [1.29, 1.82) is 0 Å². The number of carbonyl (C=O) groups is 2. The minimum Gasteiger partial charge on any atom is -0.462 e. The molecule has 18 heavy (non-hydrogen) atoms. The second-order valence-corrected chi connectivity index (χ2v) is 3.21. The fourth-order valence-electron chi connectivity index (χ4n) is 0.762. The highest BCUT2D eigenvalue weighted by atomic mass is 16.5. The Balaban J connectivity index is 3.71. The maximum atomic E-state index is 11.0. The summed E-state index contributed by atoms with van der Waals surface area (Å²) in [7, 11) is 0. The number of rotatable bonds is 8. The van der Waals surface area contributed by atoms with Gasteiger partial charge in [-0.2, -0.15) is 0 Å². The molecule has 0 aromatic heterocycles. The van der Waals surface area contributed by atoms with Gasteiger partial charge in [-0.05, 0) is 0 Å². The van der Waals surface area contributed by atoms with Crippen molar-refractivity contribution in [3.05, 3.63) is 12.2 Å². The van der Waals surface area contributed by atoms with E-state index in [2.05, 4.69) is 9.47 Å². The Morgan fingerprint density at radius 3 is 1.44 bits per heavy atom. The number of carbonyl (C=O) groups excluding carboxylic acids is 2. The Labute approximate surface area is 103 Å². The van der Waals surface area contributed by atoms with Crippen LogP contribution in [-0.2, 0) is 19.1 Å². The van der Waals surface area contributed by atoms with Crippen molar-refractivity contribution in [3.8, 4) is 0 Å². The summed E-state index contributed by atoms with van der Waals surface area (Å²) >= 11 is 0. The summed E-state index contributed by atoms with van der Waals surface area (Å²) in [6.07, 6.45) is -1.73. The molecule has 0 rings (SSSR count). The molecule has 0 atom stereocenters. The number of aliphatic hydroxyl groups excluding tert-OH is 2. The molecule has 8 nitrogen and oxygen atoms in total. The van der Waals surface area contributed by atoms with E-state index in [4.69, 9.17) is 20.4 Å². The Bertz CT molecular complexity index is 256. The molecule has 0 fully saturated rings. The molecule has 0 radical (unpaired) electrons. The van der Waals surface area contributed by atoms with E-state index in [-0.39, 0.29) is 26.1 Å². The average molecular weight is 264 g/mol. The normalized spacial score (nSPS) is 11.2. The SMILES string of the molecule is O=C(C=CC(=O)OCCC(O)O)OCCC(O)O. The quantitative estimate of drug-likeness (QED) is 0.225. The van der Waals surface area contributed by atoms with Gasteiger partial charge in [0.1, 0.15) is 0 Å². The highest BCUT2D eigenvalue weighted by molar-refractivity contribution is 5.91. The van der Waals surface area contributed by atoms with Crippen molar-refractivity contribution in [1.82, 2.24) is 0 Å². The first kappa shape index (κ1) is 16.5. The van der Waals surface area contributed by atoms with Gasteiger partial charge in [0.25, 0.3) is 0 Å². The largest absolute Gasteiger partial charge is 0.462 e. The van der Waals surface area contributed by atoms with Gasteiger partial charge in [-0.3, -0.25) is 0 Å². The molecule has 4 N–H and O–H groups in total. The van der Waals surface area contributed by atoms with Crippen molar-refractivity contribution in [2.75, 3.05) is 13.2 Å². The van der Waals surface area contributed by atoms with Crippen molar-refractivity contribution >= 4 is 11.9 Å². The lowest BCUT2D eigenvalue weighted by atomic mass is 10.4. The zero-order valence-corrected chi connectivity index (χ0v) is 9.56. The fourth-order valence-corrected chi connectivity index (χ4v) is 0.762. The molecule has 104 valence electrons. The Kier molecular flexibility index (Phi) is 8.76. The maximum absolute atomic E-state index is 11.0. The number of hydrogen-bond donors (Lipinski definition) is 4. The zero-order chi connectivity index (χ0) is 14.0. The first-order chi connectivity index (χ1) is 8.41. The molecular formula is C10H16O8. The summed E-state index contributed by atoms with van der Waals surface area (Å²) in [5.41, 5.74) is 0. The van der Waals surface area contributed by atoms with Crippen LogP contribution in [0.1, 0.15) is 12.8 Å². The van der Waals surface area contributed by atoms with E-state index in [1.165, 1.54) is 0 Å². The molecule has 0 aliphatic rings. The van der Waals surface area contributed by atoms with Gasteiger partial charge in [-0.25, -0.2) is 9.59 Å². The third-order valence-electron chi connectivity index (χ3n) is 1.60. The van der Waals surface area contributed by atoms with Crippen LogP contribution < -0.4 is 0 Å². The molecule has 0 amide bonds. The molecule has 8 heteroatoms. The molecule has 0 spiro atoms. The van der Waals surface area contributed by atoms with Crippen LogP contribution in [0.5, 0.6) is 0 Å². The molecule has 0 aliphatic carbocycles. The summed E-state index contributed by atoms with van der Waals surface area (Å²) < 4.78 is 9.02. The van der Waals surface area contributed by atoms with E-state index < -0.39 is 24.5 Å². The second kappa shape index (κ2) is 9.54. The predicted octanol–water partition coefficient (Wildman–Crippen LogP) is -1.97. The molecule has 0 unspecified atom stereocenters. The minimum atomic E-state index is -1.56. The van der Waals surface area contributed by atoms with Crippen molar-refractivity contribution in [2.24, 2.45) is 0 Å². The lowest BCUT2D eigenvalue weighted by Gasteiger charge is -2.04. The summed E-state index contributed by atoms with van der Waals surface area (Å²) in [4.78, 5) is 21.9. The van der Waals surface area contributed by atoms with Crippen LogP contribution in [0.4, 0.5) is 0 Å².